The van der Waals surface area contributed by atoms with Gasteiger partial charge in [-0.3, -0.25) is 0 Å². The monoisotopic (exact) mass is 443 g/mol. The Hall–Kier alpha value is 0.0949. The molecular weight excluding hydrogens is 402 g/mol. The molecule has 0 aromatic rings. The number of hydrogen-bond donors (Lipinski definition) is 0. The van der Waals surface area contributed by atoms with Crippen LogP contribution in [0.15, 0.2) is 9.56 Å². The largest absolute Gasteiger partial charge is 0.308 e. The summed E-state index contributed by atoms with van der Waals surface area (Å²) in [4.78, 5) is 0. The van der Waals surface area contributed by atoms with E-state index in [-0.39, 0.29) is 0 Å². The third-order valence-corrected chi connectivity index (χ3v) is 7.58. The molecule has 0 fully saturated rings. The van der Waals surface area contributed by atoms with E-state index in [0.29, 0.717) is 23.5 Å². The van der Waals surface area contributed by atoms with Crippen LogP contribution in [-0.2, 0) is 0 Å². The smallest absolute Gasteiger partial charge is 0.110 e. The molecule has 0 bridgehead atoms. The highest BCUT2D eigenvalue weighted by atomic mass is 127. The van der Waals surface area contributed by atoms with Crippen LogP contribution in [0.25, 0.3) is 0 Å². The maximum Gasteiger partial charge on any atom is 0.110 e. The van der Waals surface area contributed by atoms with Gasteiger partial charge in [0.1, 0.15) is 6.15 Å². The van der Waals surface area contributed by atoms with Crippen LogP contribution in [-0.4, -0.2) is 6.15 Å². The van der Waals surface area contributed by atoms with Crippen molar-refractivity contribution < 1.29 is 0 Å². The van der Waals surface area contributed by atoms with Crippen molar-refractivity contribution in [2.24, 2.45) is 11.8 Å². The van der Waals surface area contributed by atoms with Gasteiger partial charge in [0.05, 0.1) is 0 Å². The maximum atomic E-state index is 3.89. The molecule has 24 heavy (non-hydrogen) atoms. The minimum atomic E-state index is -0.828. The summed E-state index contributed by atoms with van der Waals surface area (Å²) < 4.78 is 1.55. The summed E-state index contributed by atoms with van der Waals surface area (Å²) in [5.74, 6) is 10.1. The molecule has 0 saturated heterocycles. The van der Waals surface area contributed by atoms with Crippen LogP contribution in [0.2, 0.25) is 11.6 Å². The van der Waals surface area contributed by atoms with Gasteiger partial charge in [-0.1, -0.05) is 109 Å². The van der Waals surface area contributed by atoms with Crippen LogP contribution in [0.5, 0.6) is 0 Å². The van der Waals surface area contributed by atoms with E-state index in [4.69, 9.17) is 0 Å². The first-order valence-electron chi connectivity index (χ1n) is 10.3. The van der Waals surface area contributed by atoms with E-state index >= 15 is 0 Å². The lowest BCUT2D eigenvalue weighted by Gasteiger charge is -2.50. The molecule has 0 N–H and O–H groups in total. The number of hydrogen-bond acceptors (Lipinski definition) is 0. The van der Waals surface area contributed by atoms with Gasteiger partial charge in [0.25, 0.3) is 0 Å². The Bertz CT molecular complexity index is 411. The lowest BCUT2D eigenvalue weighted by molar-refractivity contribution is 0.558. The fraction of sp³-hybridized carbons (Fsp3) is 0.818. The summed E-state index contributed by atoms with van der Waals surface area (Å²) in [5.41, 5.74) is 0. The zero-order chi connectivity index (χ0) is 18.8. The first kappa shape index (κ1) is 24.1. The second kappa shape index (κ2) is 12.4. The van der Waals surface area contributed by atoms with E-state index < -0.39 is 6.15 Å². The quantitative estimate of drug-likeness (QED) is 0.138. The lowest BCUT2D eigenvalue weighted by Crippen LogP contribution is -2.46. The fourth-order valence-corrected chi connectivity index (χ4v) is 5.27. The second-order valence-corrected chi connectivity index (χ2v) is 9.61. The highest BCUT2D eigenvalue weighted by molar-refractivity contribution is 14.1. The predicted octanol–water partition coefficient (Wildman–Crippen LogP) is 8.31. The third-order valence-electron chi connectivity index (χ3n) is 6.11. The van der Waals surface area contributed by atoms with Crippen molar-refractivity contribution in [2.75, 3.05) is 0 Å². The summed E-state index contributed by atoms with van der Waals surface area (Å²) in [6, 6.07) is 0. The Balaban J connectivity index is 6.00. The Labute approximate surface area is 167 Å². The van der Waals surface area contributed by atoms with Crippen LogP contribution >= 0.6 is 22.6 Å². The van der Waals surface area contributed by atoms with Crippen LogP contribution < -0.4 is 0 Å². The Morgan fingerprint density at radius 1 is 0.917 bits per heavy atom. The number of halogens is 1. The Morgan fingerprint density at radius 2 is 1.42 bits per heavy atom. The van der Waals surface area contributed by atoms with Gasteiger partial charge < -0.3 is 5.82 Å². The van der Waals surface area contributed by atoms with Crippen LogP contribution in [0.1, 0.15) is 93.9 Å². The fourth-order valence-electron chi connectivity index (χ4n) is 3.67. The van der Waals surface area contributed by atoms with E-state index in [9.17, 15) is 0 Å². The molecule has 0 amide bonds. The normalized spacial score (nSPS) is 17.4. The minimum absolute atomic E-state index is 0.626. The molecule has 0 spiro atoms. The maximum absolute atomic E-state index is 3.89. The molecule has 2 unspecified atom stereocenters. The molecule has 0 aromatic carbocycles. The zero-order valence-electron chi connectivity index (χ0n) is 17.6. The molecule has 0 nitrogen and oxygen atoms in total. The number of rotatable bonds is 10. The Morgan fingerprint density at radius 3 is 1.83 bits per heavy atom. The van der Waals surface area contributed by atoms with E-state index in [0.717, 1.165) is 6.42 Å². The van der Waals surface area contributed by atoms with Crippen molar-refractivity contribution in [1.29, 1.82) is 0 Å². The summed E-state index contributed by atoms with van der Waals surface area (Å²) in [5, 5.41) is 0. The first-order valence-corrected chi connectivity index (χ1v) is 11.4. The summed E-state index contributed by atoms with van der Waals surface area (Å²) in [6.45, 7) is 18.9. The van der Waals surface area contributed by atoms with Crippen molar-refractivity contribution in [3.05, 3.63) is 9.56 Å². The third kappa shape index (κ3) is 6.78. The molecule has 0 aliphatic heterocycles. The van der Waals surface area contributed by atoms with Gasteiger partial charge in [0, 0.05) is 6.42 Å². The van der Waals surface area contributed by atoms with Gasteiger partial charge in [-0.25, -0.2) is 0 Å². The summed E-state index contributed by atoms with van der Waals surface area (Å²) in [6.07, 6.45) is 8.94. The van der Waals surface area contributed by atoms with Crippen LogP contribution in [0.4, 0.5) is 0 Å². The molecule has 0 aliphatic rings. The molecule has 140 valence electrons. The molecule has 0 aromatic heterocycles. The van der Waals surface area contributed by atoms with Crippen molar-refractivity contribution >= 4 is 28.7 Å². The lowest BCUT2D eigenvalue weighted by atomic mass is 9.12. The SMILES string of the molecule is CCCCC#C[B-](/C(I)=C/CCCC)(C(C)C(C)C)C(C)C(C)C. The molecule has 0 rings (SSSR count). The molecule has 0 heterocycles. The van der Waals surface area contributed by atoms with Crippen molar-refractivity contribution in [3.8, 4) is 11.7 Å². The summed E-state index contributed by atoms with van der Waals surface area (Å²) in [7, 11) is 0. The average Bonchev–Trinajstić information content (AvgIpc) is 2.54. The number of unbranched alkanes of at least 4 members (excludes halogenated alkanes) is 4. The van der Waals surface area contributed by atoms with Crippen LogP contribution in [0.3, 0.4) is 0 Å². The molecule has 2 atom stereocenters. The summed E-state index contributed by atoms with van der Waals surface area (Å²) >= 11 is 2.64. The van der Waals surface area contributed by atoms with Crippen molar-refractivity contribution in [2.45, 2.75) is 106 Å². The van der Waals surface area contributed by atoms with E-state index in [1.807, 2.05) is 0 Å². The van der Waals surface area contributed by atoms with Crippen LogP contribution in [0, 0.1) is 23.6 Å². The molecule has 2 heteroatoms. The minimum Gasteiger partial charge on any atom is -0.308 e. The second-order valence-electron chi connectivity index (χ2n) is 8.37. The first-order chi connectivity index (χ1) is 11.3. The van der Waals surface area contributed by atoms with Gasteiger partial charge in [0.2, 0.25) is 0 Å². The van der Waals surface area contributed by atoms with Gasteiger partial charge in [-0.05, 0) is 12.8 Å². The average molecular weight is 443 g/mol. The standard InChI is InChI=1S/C22H41BI/c1-9-11-13-15-17-23(20(7)18(3)4,21(8)19(5)6)22(24)16-14-12-10-2/h16,18-21H,9-14H2,1-8H3/q-1/b22-16-. The van der Waals surface area contributed by atoms with Gasteiger partial charge >= 0.3 is 0 Å². The molecule has 0 radical (unpaired) electrons. The highest BCUT2D eigenvalue weighted by Gasteiger charge is 2.38. The predicted molar refractivity (Wildman–Crippen MR) is 123 cm³/mol. The topological polar surface area (TPSA) is 0 Å². The van der Waals surface area contributed by atoms with E-state index in [1.54, 1.807) is 3.48 Å². The van der Waals surface area contributed by atoms with Crippen molar-refractivity contribution in [3.63, 3.8) is 0 Å². The molecule has 0 aliphatic carbocycles. The van der Waals surface area contributed by atoms with E-state index in [2.05, 4.69) is 95.8 Å². The number of allylic oxidation sites excluding steroid dienone is 1. The van der Waals surface area contributed by atoms with E-state index in [1.165, 1.54) is 32.1 Å². The van der Waals surface area contributed by atoms with Gasteiger partial charge in [-0.15, -0.1) is 12.0 Å². The van der Waals surface area contributed by atoms with Gasteiger partial charge in [-0.2, -0.15) is 15.1 Å². The zero-order valence-corrected chi connectivity index (χ0v) is 19.7. The molecule has 0 saturated carbocycles. The van der Waals surface area contributed by atoms with Crippen molar-refractivity contribution in [1.82, 2.24) is 0 Å². The Kier molecular flexibility index (Phi) is 12.5. The highest BCUT2D eigenvalue weighted by Crippen LogP contribution is 2.47. The van der Waals surface area contributed by atoms with Gasteiger partial charge in [0.15, 0.2) is 0 Å². The molecular formula is C22H41BI-.